The number of rotatable bonds is 6. The normalized spacial score (nSPS) is 18.9. The fraction of sp³-hybridized carbons (Fsp3) is 0.360. The lowest BCUT2D eigenvalue weighted by Crippen LogP contribution is -2.41. The average molecular weight is 402 g/mol. The number of H-pyrrole nitrogens is 1. The van der Waals surface area contributed by atoms with Crippen molar-refractivity contribution in [3.63, 3.8) is 0 Å². The number of pyridine rings is 1. The Morgan fingerprint density at radius 1 is 1.03 bits per heavy atom. The van der Waals surface area contributed by atoms with Crippen molar-refractivity contribution >= 4 is 16.8 Å². The quantitative estimate of drug-likeness (QED) is 0.664. The zero-order chi connectivity index (χ0) is 20.6. The molecule has 5 heteroatoms. The van der Waals surface area contributed by atoms with Crippen LogP contribution in [0.2, 0.25) is 0 Å². The topological polar surface area (TPSA) is 65.2 Å². The number of nitrogens with one attached hydrogen (secondary N) is 2. The summed E-state index contributed by atoms with van der Waals surface area (Å²) in [5.74, 6) is 0.110. The van der Waals surface area contributed by atoms with E-state index in [1.165, 1.54) is 18.9 Å². The molecule has 2 aliphatic rings. The Labute approximate surface area is 176 Å². The van der Waals surface area contributed by atoms with Gasteiger partial charge in [0.15, 0.2) is 0 Å². The van der Waals surface area contributed by atoms with Crippen molar-refractivity contribution in [3.05, 3.63) is 82.1 Å². The van der Waals surface area contributed by atoms with Gasteiger partial charge in [-0.2, -0.15) is 0 Å². The number of hydrogen-bond acceptors (Lipinski definition) is 3. The Balaban J connectivity index is 1.40. The lowest BCUT2D eigenvalue weighted by molar-refractivity contribution is -0.124. The van der Waals surface area contributed by atoms with E-state index in [0.29, 0.717) is 0 Å². The number of fused-ring (bicyclic) bond motifs is 1. The molecule has 1 amide bonds. The summed E-state index contributed by atoms with van der Waals surface area (Å²) >= 11 is 0. The van der Waals surface area contributed by atoms with Gasteiger partial charge in [0.05, 0.1) is 11.5 Å². The van der Waals surface area contributed by atoms with Gasteiger partial charge in [-0.25, -0.2) is 0 Å². The Kier molecular flexibility index (Phi) is 4.91. The first-order valence-corrected chi connectivity index (χ1v) is 10.9. The van der Waals surface area contributed by atoms with Crippen molar-refractivity contribution in [2.45, 2.75) is 37.1 Å². The van der Waals surface area contributed by atoms with Crippen molar-refractivity contribution in [1.29, 1.82) is 0 Å². The molecule has 1 atom stereocenters. The summed E-state index contributed by atoms with van der Waals surface area (Å²) in [5, 5.41) is 4.34. The van der Waals surface area contributed by atoms with Gasteiger partial charge in [0, 0.05) is 18.1 Å². The maximum absolute atomic E-state index is 13.5. The minimum absolute atomic E-state index is 0.00825. The first kappa shape index (κ1) is 19.1. The SMILES string of the molecule is O=C(NC(CN1CCCC1)c1ccccc1)C1(c2ccc3[nH]c(=O)ccc3c2)CC1. The molecule has 1 saturated carbocycles. The highest BCUT2D eigenvalue weighted by molar-refractivity contribution is 5.93. The third-order valence-electron chi connectivity index (χ3n) is 6.61. The minimum atomic E-state index is -0.456. The zero-order valence-electron chi connectivity index (χ0n) is 17.1. The first-order valence-electron chi connectivity index (χ1n) is 10.9. The van der Waals surface area contributed by atoms with Crippen LogP contribution in [0.4, 0.5) is 0 Å². The number of amides is 1. The minimum Gasteiger partial charge on any atom is -0.347 e. The van der Waals surface area contributed by atoms with Crippen molar-refractivity contribution in [3.8, 4) is 0 Å². The van der Waals surface area contributed by atoms with Gasteiger partial charge >= 0.3 is 0 Å². The predicted molar refractivity (Wildman–Crippen MR) is 118 cm³/mol. The van der Waals surface area contributed by atoms with Crippen LogP contribution in [0.3, 0.4) is 0 Å². The highest BCUT2D eigenvalue weighted by atomic mass is 16.2. The van der Waals surface area contributed by atoms with Gasteiger partial charge in [-0.05, 0) is 73.5 Å². The number of likely N-dealkylation sites (tertiary alicyclic amines) is 1. The number of carbonyl (C=O) groups excluding carboxylic acids is 1. The molecule has 1 aromatic heterocycles. The van der Waals surface area contributed by atoms with E-state index in [1.807, 2.05) is 36.4 Å². The van der Waals surface area contributed by atoms with Crippen molar-refractivity contribution in [2.75, 3.05) is 19.6 Å². The summed E-state index contributed by atoms with van der Waals surface area (Å²) in [6.07, 6.45) is 4.19. The predicted octanol–water partition coefficient (Wildman–Crippen LogP) is 3.51. The Bertz CT molecular complexity index is 1110. The second-order valence-electron chi connectivity index (χ2n) is 8.65. The van der Waals surface area contributed by atoms with E-state index in [0.717, 1.165) is 54.5 Å². The molecule has 1 aliphatic heterocycles. The number of carbonyl (C=O) groups is 1. The smallest absolute Gasteiger partial charge is 0.248 e. The fourth-order valence-corrected chi connectivity index (χ4v) is 4.66. The van der Waals surface area contributed by atoms with E-state index in [4.69, 9.17) is 0 Å². The molecule has 1 unspecified atom stereocenters. The molecule has 5 rings (SSSR count). The maximum Gasteiger partial charge on any atom is 0.248 e. The highest BCUT2D eigenvalue weighted by Crippen LogP contribution is 2.49. The molecule has 1 aliphatic carbocycles. The molecule has 0 radical (unpaired) electrons. The number of hydrogen-bond donors (Lipinski definition) is 2. The molecular weight excluding hydrogens is 374 g/mol. The van der Waals surface area contributed by atoms with E-state index in [-0.39, 0.29) is 17.5 Å². The standard InChI is InChI=1S/C25H27N3O2/c29-23-11-8-19-16-20(9-10-21(19)26-23)25(12-13-25)24(30)27-22(17-28-14-4-5-15-28)18-6-2-1-3-7-18/h1-3,6-11,16,22H,4-5,12-15,17H2,(H,26,29)(H,27,30). The van der Waals surface area contributed by atoms with Crippen LogP contribution in [0.15, 0.2) is 65.5 Å². The summed E-state index contributed by atoms with van der Waals surface area (Å²) in [4.78, 5) is 30.3. The van der Waals surface area contributed by atoms with Crippen LogP contribution in [0.1, 0.15) is 42.9 Å². The molecule has 2 aromatic carbocycles. The third kappa shape index (κ3) is 3.65. The van der Waals surface area contributed by atoms with Crippen LogP contribution in [-0.2, 0) is 10.2 Å². The lowest BCUT2D eigenvalue weighted by Gasteiger charge is -2.27. The van der Waals surface area contributed by atoms with Crippen LogP contribution in [0, 0.1) is 0 Å². The fourth-order valence-electron chi connectivity index (χ4n) is 4.66. The van der Waals surface area contributed by atoms with E-state index < -0.39 is 5.41 Å². The summed E-state index contributed by atoms with van der Waals surface area (Å²) in [5.41, 5.74) is 2.43. The first-order chi connectivity index (χ1) is 14.6. The summed E-state index contributed by atoms with van der Waals surface area (Å²) in [6, 6.07) is 19.6. The van der Waals surface area contributed by atoms with Crippen molar-refractivity contribution in [1.82, 2.24) is 15.2 Å². The largest absolute Gasteiger partial charge is 0.347 e. The highest BCUT2D eigenvalue weighted by Gasteiger charge is 2.51. The van der Waals surface area contributed by atoms with Gasteiger partial charge < -0.3 is 15.2 Å². The van der Waals surface area contributed by atoms with E-state index in [9.17, 15) is 9.59 Å². The van der Waals surface area contributed by atoms with Crippen LogP contribution in [-0.4, -0.2) is 35.4 Å². The van der Waals surface area contributed by atoms with Gasteiger partial charge in [0.1, 0.15) is 0 Å². The molecule has 1 saturated heterocycles. The van der Waals surface area contributed by atoms with Gasteiger partial charge in [0.25, 0.3) is 0 Å². The van der Waals surface area contributed by atoms with Crippen molar-refractivity contribution in [2.24, 2.45) is 0 Å². The number of aromatic nitrogens is 1. The molecule has 2 N–H and O–H groups in total. The van der Waals surface area contributed by atoms with Crippen molar-refractivity contribution < 1.29 is 4.79 Å². The summed E-state index contributed by atoms with van der Waals surface area (Å²) in [6.45, 7) is 3.06. The summed E-state index contributed by atoms with van der Waals surface area (Å²) in [7, 11) is 0. The molecule has 0 bridgehead atoms. The third-order valence-corrected chi connectivity index (χ3v) is 6.61. The molecular formula is C25H27N3O2. The van der Waals surface area contributed by atoms with E-state index >= 15 is 0 Å². The zero-order valence-corrected chi connectivity index (χ0v) is 17.1. The van der Waals surface area contributed by atoms with Gasteiger partial charge in [-0.15, -0.1) is 0 Å². The van der Waals surface area contributed by atoms with E-state index in [2.05, 4.69) is 33.4 Å². The molecule has 5 nitrogen and oxygen atoms in total. The van der Waals surface area contributed by atoms with Crippen LogP contribution < -0.4 is 10.9 Å². The van der Waals surface area contributed by atoms with E-state index in [1.54, 1.807) is 0 Å². The molecule has 154 valence electrons. The molecule has 0 spiro atoms. The maximum atomic E-state index is 13.5. The van der Waals surface area contributed by atoms with Crippen LogP contribution in [0.5, 0.6) is 0 Å². The Morgan fingerprint density at radius 2 is 1.80 bits per heavy atom. The summed E-state index contributed by atoms with van der Waals surface area (Å²) < 4.78 is 0. The molecule has 30 heavy (non-hydrogen) atoms. The molecule has 3 aromatic rings. The average Bonchev–Trinajstić information content (AvgIpc) is 3.43. The van der Waals surface area contributed by atoms with Gasteiger partial charge in [0.2, 0.25) is 11.5 Å². The van der Waals surface area contributed by atoms with Gasteiger partial charge in [-0.3, -0.25) is 9.59 Å². The monoisotopic (exact) mass is 401 g/mol. The Hall–Kier alpha value is -2.92. The second-order valence-corrected chi connectivity index (χ2v) is 8.65. The number of aromatic amines is 1. The Morgan fingerprint density at radius 3 is 2.53 bits per heavy atom. The molecule has 2 fully saturated rings. The van der Waals surface area contributed by atoms with Crippen LogP contribution >= 0.6 is 0 Å². The molecule has 2 heterocycles. The number of nitrogens with zero attached hydrogens (tertiary/aromatic N) is 1. The van der Waals surface area contributed by atoms with Crippen LogP contribution in [0.25, 0.3) is 10.9 Å². The second kappa shape index (κ2) is 7.73. The lowest BCUT2D eigenvalue weighted by atomic mass is 9.92. The van der Waals surface area contributed by atoms with Gasteiger partial charge in [-0.1, -0.05) is 36.4 Å². The number of benzene rings is 2.